The van der Waals surface area contributed by atoms with E-state index >= 15 is 0 Å². The molecule has 0 radical (unpaired) electrons. The number of aliphatic hydroxyl groups excluding tert-OH is 1. The number of anilines is 1. The molecule has 0 amide bonds. The number of hydrogen-bond donors (Lipinski definition) is 2. The fraction of sp³-hybridized carbons (Fsp3) is 0.583. The van der Waals surface area contributed by atoms with Gasteiger partial charge in [-0.1, -0.05) is 19.3 Å². The molecular formula is C12H17BrN2O. The highest BCUT2D eigenvalue weighted by Crippen LogP contribution is 2.30. The lowest BCUT2D eigenvalue weighted by atomic mass is 9.82. The molecule has 0 spiro atoms. The SMILES string of the molecule is OCC1(Nc2ccc(Br)cn2)CCCCC1. The number of halogens is 1. The summed E-state index contributed by atoms with van der Waals surface area (Å²) < 4.78 is 0.972. The van der Waals surface area contributed by atoms with Crippen LogP contribution >= 0.6 is 15.9 Å². The van der Waals surface area contributed by atoms with Gasteiger partial charge < -0.3 is 10.4 Å². The Labute approximate surface area is 104 Å². The molecule has 1 aromatic rings. The van der Waals surface area contributed by atoms with Crippen molar-refractivity contribution in [3.8, 4) is 0 Å². The summed E-state index contributed by atoms with van der Waals surface area (Å²) in [5.41, 5.74) is -0.154. The molecule has 1 aliphatic rings. The van der Waals surface area contributed by atoms with E-state index in [9.17, 15) is 5.11 Å². The number of nitrogens with zero attached hydrogens (tertiary/aromatic N) is 1. The van der Waals surface area contributed by atoms with Crippen molar-refractivity contribution in [1.29, 1.82) is 0 Å². The molecule has 1 heterocycles. The Balaban J connectivity index is 2.08. The zero-order valence-electron chi connectivity index (χ0n) is 9.25. The number of pyridine rings is 1. The highest BCUT2D eigenvalue weighted by molar-refractivity contribution is 9.10. The molecule has 88 valence electrons. The molecule has 0 aliphatic heterocycles. The van der Waals surface area contributed by atoms with Crippen LogP contribution in [0, 0.1) is 0 Å². The van der Waals surface area contributed by atoms with Gasteiger partial charge in [0, 0.05) is 10.7 Å². The second kappa shape index (κ2) is 5.15. The predicted molar refractivity (Wildman–Crippen MR) is 68.5 cm³/mol. The monoisotopic (exact) mass is 284 g/mol. The zero-order valence-corrected chi connectivity index (χ0v) is 10.8. The highest BCUT2D eigenvalue weighted by atomic mass is 79.9. The van der Waals surface area contributed by atoms with Gasteiger partial charge in [-0.05, 0) is 40.9 Å². The fourth-order valence-electron chi connectivity index (χ4n) is 2.27. The number of nitrogens with one attached hydrogen (secondary N) is 1. The maximum Gasteiger partial charge on any atom is 0.126 e. The van der Waals surface area contributed by atoms with Gasteiger partial charge in [0.25, 0.3) is 0 Å². The fourth-order valence-corrected chi connectivity index (χ4v) is 2.51. The van der Waals surface area contributed by atoms with Crippen LogP contribution < -0.4 is 5.32 Å². The summed E-state index contributed by atoms with van der Waals surface area (Å²) in [6.45, 7) is 0.185. The van der Waals surface area contributed by atoms with Crippen molar-refractivity contribution in [3.05, 3.63) is 22.8 Å². The van der Waals surface area contributed by atoms with Crippen LogP contribution in [0.1, 0.15) is 32.1 Å². The first-order chi connectivity index (χ1) is 7.74. The predicted octanol–water partition coefficient (Wildman–Crippen LogP) is 2.95. The molecule has 3 nitrogen and oxygen atoms in total. The van der Waals surface area contributed by atoms with E-state index in [0.717, 1.165) is 23.1 Å². The van der Waals surface area contributed by atoms with Crippen molar-refractivity contribution < 1.29 is 5.11 Å². The summed E-state index contributed by atoms with van der Waals surface area (Å²) in [5, 5.41) is 12.9. The van der Waals surface area contributed by atoms with Crippen LogP contribution in [-0.2, 0) is 0 Å². The normalized spacial score (nSPS) is 19.4. The van der Waals surface area contributed by atoms with E-state index in [4.69, 9.17) is 0 Å². The van der Waals surface area contributed by atoms with Crippen molar-refractivity contribution >= 4 is 21.7 Å². The Morgan fingerprint density at radius 3 is 2.62 bits per heavy atom. The maximum absolute atomic E-state index is 9.56. The molecule has 0 bridgehead atoms. The van der Waals surface area contributed by atoms with Crippen molar-refractivity contribution in [1.82, 2.24) is 4.98 Å². The van der Waals surface area contributed by atoms with Gasteiger partial charge in [0.2, 0.25) is 0 Å². The minimum atomic E-state index is -0.154. The average Bonchev–Trinajstić information content (AvgIpc) is 2.33. The van der Waals surface area contributed by atoms with Crippen LogP contribution in [0.2, 0.25) is 0 Å². The molecule has 0 unspecified atom stereocenters. The van der Waals surface area contributed by atoms with E-state index in [-0.39, 0.29) is 12.1 Å². The van der Waals surface area contributed by atoms with Crippen LogP contribution in [-0.4, -0.2) is 22.2 Å². The van der Waals surface area contributed by atoms with Crippen LogP contribution in [0.15, 0.2) is 22.8 Å². The van der Waals surface area contributed by atoms with E-state index in [1.165, 1.54) is 19.3 Å². The number of hydrogen-bond acceptors (Lipinski definition) is 3. The van der Waals surface area contributed by atoms with E-state index in [1.807, 2.05) is 12.1 Å². The zero-order chi connectivity index (χ0) is 11.4. The minimum Gasteiger partial charge on any atom is -0.394 e. The minimum absolute atomic E-state index is 0.154. The molecule has 2 rings (SSSR count). The van der Waals surface area contributed by atoms with E-state index in [0.29, 0.717) is 0 Å². The Morgan fingerprint density at radius 1 is 1.31 bits per heavy atom. The lowest BCUT2D eigenvalue weighted by Gasteiger charge is -2.36. The van der Waals surface area contributed by atoms with Gasteiger partial charge >= 0.3 is 0 Å². The first kappa shape index (κ1) is 11.9. The quantitative estimate of drug-likeness (QED) is 0.897. The third-order valence-corrected chi connectivity index (χ3v) is 3.70. The van der Waals surface area contributed by atoms with Gasteiger partial charge in [-0.3, -0.25) is 0 Å². The first-order valence-electron chi connectivity index (χ1n) is 5.75. The molecular weight excluding hydrogens is 268 g/mol. The summed E-state index contributed by atoms with van der Waals surface area (Å²) in [4.78, 5) is 4.30. The van der Waals surface area contributed by atoms with Gasteiger partial charge in [0.1, 0.15) is 5.82 Å². The van der Waals surface area contributed by atoms with Crippen molar-refractivity contribution in [3.63, 3.8) is 0 Å². The number of aliphatic hydroxyl groups is 1. The number of rotatable bonds is 3. The molecule has 1 aromatic heterocycles. The van der Waals surface area contributed by atoms with Gasteiger partial charge in [-0.15, -0.1) is 0 Å². The van der Waals surface area contributed by atoms with Gasteiger partial charge in [-0.2, -0.15) is 0 Å². The van der Waals surface area contributed by atoms with Gasteiger partial charge in [0.15, 0.2) is 0 Å². The second-order valence-electron chi connectivity index (χ2n) is 4.49. The molecule has 1 aliphatic carbocycles. The molecule has 0 aromatic carbocycles. The van der Waals surface area contributed by atoms with Crippen LogP contribution in [0.3, 0.4) is 0 Å². The summed E-state index contributed by atoms with van der Waals surface area (Å²) in [7, 11) is 0. The molecule has 1 saturated carbocycles. The van der Waals surface area contributed by atoms with Crippen LogP contribution in [0.5, 0.6) is 0 Å². The molecule has 1 fully saturated rings. The van der Waals surface area contributed by atoms with Crippen LogP contribution in [0.25, 0.3) is 0 Å². The molecule has 16 heavy (non-hydrogen) atoms. The summed E-state index contributed by atoms with van der Waals surface area (Å²) >= 11 is 3.36. The molecule has 0 saturated heterocycles. The second-order valence-corrected chi connectivity index (χ2v) is 5.40. The smallest absolute Gasteiger partial charge is 0.126 e. The third kappa shape index (κ3) is 2.74. The maximum atomic E-state index is 9.56. The Morgan fingerprint density at radius 2 is 2.06 bits per heavy atom. The van der Waals surface area contributed by atoms with E-state index in [1.54, 1.807) is 6.20 Å². The van der Waals surface area contributed by atoms with Crippen molar-refractivity contribution in [2.45, 2.75) is 37.6 Å². The van der Waals surface area contributed by atoms with E-state index in [2.05, 4.69) is 26.2 Å². The van der Waals surface area contributed by atoms with Crippen molar-refractivity contribution in [2.24, 2.45) is 0 Å². The Kier molecular flexibility index (Phi) is 3.82. The topological polar surface area (TPSA) is 45.1 Å². The van der Waals surface area contributed by atoms with Gasteiger partial charge in [-0.25, -0.2) is 4.98 Å². The van der Waals surface area contributed by atoms with Crippen LogP contribution in [0.4, 0.5) is 5.82 Å². The first-order valence-corrected chi connectivity index (χ1v) is 6.54. The summed E-state index contributed by atoms with van der Waals surface area (Å²) in [5.74, 6) is 0.846. The average molecular weight is 285 g/mol. The number of aromatic nitrogens is 1. The summed E-state index contributed by atoms with van der Waals surface area (Å²) in [6.07, 6.45) is 7.48. The third-order valence-electron chi connectivity index (χ3n) is 3.23. The lowest BCUT2D eigenvalue weighted by Crippen LogP contribution is -2.44. The molecule has 0 atom stereocenters. The van der Waals surface area contributed by atoms with Gasteiger partial charge in [0.05, 0.1) is 12.1 Å². The van der Waals surface area contributed by atoms with E-state index < -0.39 is 0 Å². The standard InChI is InChI=1S/C12H17BrN2O/c13-10-4-5-11(14-8-10)15-12(9-16)6-2-1-3-7-12/h4-5,8,16H,1-3,6-7,9H2,(H,14,15). The Hall–Kier alpha value is -0.610. The highest BCUT2D eigenvalue weighted by Gasteiger charge is 2.31. The van der Waals surface area contributed by atoms with Crippen molar-refractivity contribution in [2.75, 3.05) is 11.9 Å². The Bertz CT molecular complexity index is 333. The molecule has 4 heteroatoms. The summed E-state index contributed by atoms with van der Waals surface area (Å²) in [6, 6.07) is 3.90. The largest absolute Gasteiger partial charge is 0.394 e. The lowest BCUT2D eigenvalue weighted by molar-refractivity contribution is 0.172. The molecule has 2 N–H and O–H groups in total.